The van der Waals surface area contributed by atoms with Gasteiger partial charge in [-0.3, -0.25) is 9.59 Å². The number of primary amides is 1. The number of nitrogens with two attached hydrogens (primary N) is 2. The minimum Gasteiger partial charge on any atom is -0.462 e. The van der Waals surface area contributed by atoms with Crippen LogP contribution in [0.1, 0.15) is 6.42 Å². The molecule has 6 N–H and O–H groups in total. The zero-order valence-electron chi connectivity index (χ0n) is 11.8. The Bertz CT molecular complexity index is 506. The fourth-order valence-corrected chi connectivity index (χ4v) is 2.25. The number of hydrogen-bond donors (Lipinski definition) is 4. The molecule has 2 aliphatic rings. The predicted octanol–water partition coefficient (Wildman–Crippen LogP) is -2.48. The molecule has 0 aliphatic carbocycles. The van der Waals surface area contributed by atoms with Gasteiger partial charge in [-0.05, 0) is 6.42 Å². The van der Waals surface area contributed by atoms with E-state index in [2.05, 4.69) is 0 Å². The first-order valence-corrected chi connectivity index (χ1v) is 6.76. The number of amides is 1. The lowest BCUT2D eigenvalue weighted by Crippen LogP contribution is -2.40. The van der Waals surface area contributed by atoms with Crippen LogP contribution >= 0.6 is 0 Å². The van der Waals surface area contributed by atoms with Gasteiger partial charge in [0.2, 0.25) is 5.91 Å². The third kappa shape index (κ3) is 3.45. The van der Waals surface area contributed by atoms with Crippen molar-refractivity contribution in [1.29, 1.82) is 0 Å². The lowest BCUT2D eigenvalue weighted by Gasteiger charge is -2.28. The van der Waals surface area contributed by atoms with E-state index < -0.39 is 36.4 Å². The van der Waals surface area contributed by atoms with Crippen molar-refractivity contribution in [3.05, 3.63) is 24.0 Å². The highest BCUT2D eigenvalue weighted by atomic mass is 16.6. The summed E-state index contributed by atoms with van der Waals surface area (Å²) in [6.07, 6.45) is 0.849. The van der Waals surface area contributed by atoms with Crippen molar-refractivity contribution in [3.8, 4) is 0 Å². The number of aliphatic hydroxyl groups excluding tert-OH is 2. The summed E-state index contributed by atoms with van der Waals surface area (Å²) in [6.45, 7) is -0.511. The molecule has 0 radical (unpaired) electrons. The van der Waals surface area contributed by atoms with Crippen LogP contribution in [-0.2, 0) is 19.1 Å². The minimum absolute atomic E-state index is 0.227. The summed E-state index contributed by atoms with van der Waals surface area (Å²) < 4.78 is 10.3. The number of nitrogens with zero attached hydrogens (tertiary/aromatic N) is 1. The summed E-state index contributed by atoms with van der Waals surface area (Å²) in [4.78, 5) is 23.7. The average molecular weight is 313 g/mol. The maximum absolute atomic E-state index is 11.2. The van der Waals surface area contributed by atoms with Crippen LogP contribution in [0, 0.1) is 0 Å². The second kappa shape index (κ2) is 6.88. The van der Waals surface area contributed by atoms with Gasteiger partial charge in [-0.25, -0.2) is 0 Å². The summed E-state index contributed by atoms with van der Waals surface area (Å²) in [6, 6.07) is 0. The van der Waals surface area contributed by atoms with Gasteiger partial charge in [0, 0.05) is 18.0 Å². The Hall–Kier alpha value is -1.94. The first-order valence-electron chi connectivity index (χ1n) is 6.76. The molecular weight excluding hydrogens is 294 g/mol. The molecule has 0 spiro atoms. The van der Waals surface area contributed by atoms with Crippen molar-refractivity contribution in [3.63, 3.8) is 0 Å². The number of aliphatic hydroxyl groups is 2. The zero-order chi connectivity index (χ0) is 16.3. The first-order chi connectivity index (χ1) is 10.4. The van der Waals surface area contributed by atoms with Gasteiger partial charge in [0.25, 0.3) is 0 Å². The van der Waals surface area contributed by atoms with E-state index in [1.165, 1.54) is 11.1 Å². The number of allylic oxidation sites excluding steroid dienone is 1. The van der Waals surface area contributed by atoms with Gasteiger partial charge in [-0.2, -0.15) is 0 Å². The molecule has 1 saturated heterocycles. The largest absolute Gasteiger partial charge is 0.462 e. The molecule has 0 aromatic rings. The molecule has 0 aromatic heterocycles. The molecule has 9 heteroatoms. The fourth-order valence-electron chi connectivity index (χ4n) is 2.25. The maximum Gasteiger partial charge on any atom is 0.319 e. The molecule has 9 nitrogen and oxygen atoms in total. The summed E-state index contributed by atoms with van der Waals surface area (Å²) in [5.41, 5.74) is 10.7. The van der Waals surface area contributed by atoms with E-state index in [-0.39, 0.29) is 13.2 Å². The molecule has 22 heavy (non-hydrogen) atoms. The molecule has 1 amide bonds. The van der Waals surface area contributed by atoms with E-state index in [0.717, 1.165) is 0 Å². The van der Waals surface area contributed by atoms with Crippen LogP contribution < -0.4 is 11.5 Å². The molecule has 2 rings (SSSR count). The van der Waals surface area contributed by atoms with Crippen LogP contribution in [0.15, 0.2) is 24.0 Å². The number of carbonyl (C=O) groups is 2. The molecular formula is C13H19N3O6. The molecule has 2 aliphatic heterocycles. The van der Waals surface area contributed by atoms with Gasteiger partial charge in [-0.15, -0.1) is 0 Å². The van der Waals surface area contributed by atoms with Crippen LogP contribution in [-0.4, -0.2) is 64.7 Å². The Morgan fingerprint density at radius 1 is 1.41 bits per heavy atom. The highest BCUT2D eigenvalue weighted by Crippen LogP contribution is 2.27. The van der Waals surface area contributed by atoms with Crippen molar-refractivity contribution in [2.75, 3.05) is 13.2 Å². The monoisotopic (exact) mass is 313 g/mol. The number of ether oxygens (including phenoxy) is 2. The van der Waals surface area contributed by atoms with E-state index in [0.29, 0.717) is 12.0 Å². The van der Waals surface area contributed by atoms with Crippen molar-refractivity contribution < 1.29 is 29.3 Å². The second-order valence-electron chi connectivity index (χ2n) is 4.99. The molecule has 4 atom stereocenters. The maximum atomic E-state index is 11.2. The van der Waals surface area contributed by atoms with E-state index in [4.69, 9.17) is 20.9 Å². The van der Waals surface area contributed by atoms with Crippen LogP contribution in [0.4, 0.5) is 0 Å². The van der Waals surface area contributed by atoms with Gasteiger partial charge in [-0.1, -0.05) is 6.08 Å². The van der Waals surface area contributed by atoms with E-state index in [1.54, 1.807) is 12.3 Å². The van der Waals surface area contributed by atoms with Gasteiger partial charge < -0.3 is 36.1 Å². The van der Waals surface area contributed by atoms with Gasteiger partial charge in [0.1, 0.15) is 24.9 Å². The number of esters is 1. The quantitative estimate of drug-likeness (QED) is 0.408. The van der Waals surface area contributed by atoms with Crippen LogP contribution in [0.2, 0.25) is 0 Å². The molecule has 0 bridgehead atoms. The fraction of sp³-hybridized carbons (Fsp3) is 0.538. The van der Waals surface area contributed by atoms with Gasteiger partial charge in [0.05, 0.1) is 6.54 Å². The highest BCUT2D eigenvalue weighted by molar-refractivity contribution is 5.92. The summed E-state index contributed by atoms with van der Waals surface area (Å²) in [7, 11) is 0. The lowest BCUT2D eigenvalue weighted by molar-refractivity contribution is -0.148. The SMILES string of the molecule is NCC(=O)OC[C@H]1O[C@@H](N2C=CCC(C(N)=O)=C2)[C@H](O)[C@@H]1O. The Balaban J connectivity index is 2.03. The van der Waals surface area contributed by atoms with Crippen molar-refractivity contribution >= 4 is 11.9 Å². The minimum atomic E-state index is -1.24. The standard InChI is InChI=1S/C13H19N3O6/c14-4-9(17)21-6-8-10(18)11(19)13(22-8)16-3-1-2-7(5-16)12(15)20/h1,3,5,8,10-11,13,18-19H,2,4,6,14H2,(H2,15,20)/t8-,10-,11-,13-/m1/s1. The number of rotatable bonds is 5. The summed E-state index contributed by atoms with van der Waals surface area (Å²) in [5.74, 6) is -1.21. The normalized spacial score (nSPS) is 31.0. The van der Waals surface area contributed by atoms with Gasteiger partial charge >= 0.3 is 5.97 Å². The predicted molar refractivity (Wildman–Crippen MR) is 73.6 cm³/mol. The Labute approximate surface area is 126 Å². The highest BCUT2D eigenvalue weighted by Gasteiger charge is 2.45. The molecule has 122 valence electrons. The average Bonchev–Trinajstić information content (AvgIpc) is 2.80. The van der Waals surface area contributed by atoms with Crippen LogP contribution in [0.3, 0.4) is 0 Å². The number of carbonyl (C=O) groups excluding carboxylic acids is 2. The Morgan fingerprint density at radius 2 is 2.14 bits per heavy atom. The van der Waals surface area contributed by atoms with E-state index in [1.807, 2.05) is 0 Å². The zero-order valence-corrected chi connectivity index (χ0v) is 11.8. The van der Waals surface area contributed by atoms with E-state index in [9.17, 15) is 19.8 Å². The molecule has 2 heterocycles. The van der Waals surface area contributed by atoms with Crippen LogP contribution in [0.25, 0.3) is 0 Å². The first kappa shape index (κ1) is 16.4. The number of hydrogen-bond acceptors (Lipinski definition) is 8. The lowest BCUT2D eigenvalue weighted by atomic mass is 10.1. The third-order valence-electron chi connectivity index (χ3n) is 3.44. The van der Waals surface area contributed by atoms with Crippen molar-refractivity contribution in [2.45, 2.75) is 31.0 Å². The third-order valence-corrected chi connectivity index (χ3v) is 3.44. The molecule has 0 saturated carbocycles. The second-order valence-corrected chi connectivity index (χ2v) is 4.99. The van der Waals surface area contributed by atoms with Crippen LogP contribution in [0.5, 0.6) is 0 Å². The topological polar surface area (TPSA) is 148 Å². The summed E-state index contributed by atoms with van der Waals surface area (Å²) in [5, 5.41) is 20.0. The van der Waals surface area contributed by atoms with Crippen molar-refractivity contribution in [2.24, 2.45) is 11.5 Å². The smallest absolute Gasteiger partial charge is 0.319 e. The summed E-state index contributed by atoms with van der Waals surface area (Å²) >= 11 is 0. The molecule has 1 fully saturated rings. The Morgan fingerprint density at radius 3 is 2.77 bits per heavy atom. The van der Waals surface area contributed by atoms with E-state index >= 15 is 0 Å². The molecule has 0 aromatic carbocycles. The van der Waals surface area contributed by atoms with Crippen molar-refractivity contribution in [1.82, 2.24) is 4.90 Å². The van der Waals surface area contributed by atoms with Gasteiger partial charge in [0.15, 0.2) is 6.23 Å². The molecule has 0 unspecified atom stereocenters. The Kier molecular flexibility index (Phi) is 5.14.